The summed E-state index contributed by atoms with van der Waals surface area (Å²) in [7, 11) is 0. The zero-order valence-corrected chi connectivity index (χ0v) is 9.52. The third-order valence-corrected chi connectivity index (χ3v) is 2.74. The molecule has 11 heavy (non-hydrogen) atoms. The van der Waals surface area contributed by atoms with Gasteiger partial charge in [-0.1, -0.05) is 68.4 Å². The minimum Gasteiger partial charge on any atom is -0.0837 e. The van der Waals surface area contributed by atoms with E-state index in [1.807, 2.05) is 0 Å². The van der Waals surface area contributed by atoms with Crippen LogP contribution in [-0.2, 0) is 0 Å². The molecule has 0 saturated carbocycles. The molecule has 68 valence electrons. The third-order valence-electron chi connectivity index (χ3n) is 2.33. The molecular formula is C8H15Cl3. The first-order valence-electron chi connectivity index (χ1n) is 3.90. The number of alkyl halides is 3. The third kappa shape index (κ3) is 5.16. The summed E-state index contributed by atoms with van der Waals surface area (Å²) < 4.78 is -1.10. The summed E-state index contributed by atoms with van der Waals surface area (Å²) in [5.74, 6) is 0. The zero-order chi connectivity index (χ0) is 9.12. The quantitative estimate of drug-likeness (QED) is 0.608. The Bertz CT molecular complexity index is 111. The molecule has 0 radical (unpaired) electrons. The van der Waals surface area contributed by atoms with Crippen molar-refractivity contribution in [3.8, 4) is 0 Å². The minimum atomic E-state index is -1.10. The normalized spacial score (nSPS) is 13.6. The Morgan fingerprint density at radius 1 is 1.00 bits per heavy atom. The molecule has 0 aromatic rings. The molecule has 0 aromatic heterocycles. The van der Waals surface area contributed by atoms with E-state index in [1.165, 1.54) is 0 Å². The fraction of sp³-hybridized carbons (Fsp3) is 1.00. The van der Waals surface area contributed by atoms with Crippen LogP contribution < -0.4 is 0 Å². The second kappa shape index (κ2) is 4.20. The molecule has 0 amide bonds. The lowest BCUT2D eigenvalue weighted by Gasteiger charge is -2.29. The van der Waals surface area contributed by atoms with E-state index in [0.29, 0.717) is 6.42 Å². The van der Waals surface area contributed by atoms with Gasteiger partial charge in [0.1, 0.15) is 0 Å². The van der Waals surface area contributed by atoms with Gasteiger partial charge in [-0.3, -0.25) is 0 Å². The maximum absolute atomic E-state index is 5.71. The van der Waals surface area contributed by atoms with Gasteiger partial charge in [0.05, 0.1) is 0 Å². The van der Waals surface area contributed by atoms with Crippen LogP contribution in [0.3, 0.4) is 0 Å². The lowest BCUT2D eigenvalue weighted by molar-refractivity contribution is 0.276. The molecule has 0 aliphatic carbocycles. The van der Waals surface area contributed by atoms with E-state index >= 15 is 0 Å². The van der Waals surface area contributed by atoms with Gasteiger partial charge in [-0.05, 0) is 11.8 Å². The van der Waals surface area contributed by atoms with Crippen molar-refractivity contribution in [3.05, 3.63) is 0 Å². The van der Waals surface area contributed by atoms with Crippen LogP contribution in [0.4, 0.5) is 0 Å². The van der Waals surface area contributed by atoms with Crippen LogP contribution in [0.5, 0.6) is 0 Å². The van der Waals surface area contributed by atoms with Crippen molar-refractivity contribution in [1.82, 2.24) is 0 Å². The first-order valence-corrected chi connectivity index (χ1v) is 5.03. The van der Waals surface area contributed by atoms with E-state index in [1.54, 1.807) is 0 Å². The minimum absolute atomic E-state index is 0.172. The molecule has 0 spiro atoms. The van der Waals surface area contributed by atoms with Crippen LogP contribution in [0.25, 0.3) is 0 Å². The van der Waals surface area contributed by atoms with Crippen molar-refractivity contribution >= 4 is 34.8 Å². The topological polar surface area (TPSA) is 0 Å². The summed E-state index contributed by atoms with van der Waals surface area (Å²) in [4.78, 5) is 0. The van der Waals surface area contributed by atoms with E-state index in [0.717, 1.165) is 12.8 Å². The maximum Gasteiger partial charge on any atom is 0.191 e. The second-order valence-corrected chi connectivity index (χ2v) is 5.83. The van der Waals surface area contributed by atoms with Gasteiger partial charge in [0.15, 0.2) is 3.79 Å². The van der Waals surface area contributed by atoms with Crippen LogP contribution in [-0.4, -0.2) is 3.79 Å². The number of hydrogen-bond acceptors (Lipinski definition) is 0. The van der Waals surface area contributed by atoms with Crippen molar-refractivity contribution in [3.63, 3.8) is 0 Å². The highest BCUT2D eigenvalue weighted by atomic mass is 35.6. The van der Waals surface area contributed by atoms with E-state index in [2.05, 4.69) is 20.8 Å². The maximum atomic E-state index is 5.71. The average Bonchev–Trinajstić information content (AvgIpc) is 1.84. The summed E-state index contributed by atoms with van der Waals surface area (Å²) in [6.07, 6.45) is 2.74. The van der Waals surface area contributed by atoms with Crippen molar-refractivity contribution in [2.45, 2.75) is 43.8 Å². The lowest BCUT2D eigenvalue weighted by Crippen LogP contribution is -2.21. The van der Waals surface area contributed by atoms with Gasteiger partial charge in [-0.25, -0.2) is 0 Å². The molecule has 0 aliphatic rings. The SMILES string of the molecule is CCC(C)(CC)CC(Cl)(Cl)Cl. The van der Waals surface area contributed by atoms with Crippen molar-refractivity contribution in [2.75, 3.05) is 0 Å². The molecule has 0 heterocycles. The van der Waals surface area contributed by atoms with Crippen LogP contribution in [0.2, 0.25) is 0 Å². The highest BCUT2D eigenvalue weighted by Gasteiger charge is 2.31. The Kier molecular flexibility index (Phi) is 4.54. The monoisotopic (exact) mass is 216 g/mol. The van der Waals surface area contributed by atoms with E-state index in [-0.39, 0.29) is 5.41 Å². The Labute approximate surface area is 84.2 Å². The Morgan fingerprint density at radius 2 is 1.36 bits per heavy atom. The van der Waals surface area contributed by atoms with Gasteiger partial charge in [0, 0.05) is 0 Å². The molecule has 0 saturated heterocycles. The first-order chi connectivity index (χ1) is 4.83. The summed E-state index contributed by atoms with van der Waals surface area (Å²) in [6, 6.07) is 0. The number of hydrogen-bond donors (Lipinski definition) is 0. The second-order valence-electron chi connectivity index (χ2n) is 3.31. The van der Waals surface area contributed by atoms with Gasteiger partial charge in [-0.15, -0.1) is 0 Å². The summed E-state index contributed by atoms with van der Waals surface area (Å²) >= 11 is 17.1. The predicted molar refractivity (Wildman–Crippen MR) is 53.6 cm³/mol. The number of halogens is 3. The summed E-state index contributed by atoms with van der Waals surface area (Å²) in [5, 5.41) is 0. The molecule has 0 atom stereocenters. The van der Waals surface area contributed by atoms with Crippen LogP contribution in [0, 0.1) is 5.41 Å². The van der Waals surface area contributed by atoms with Gasteiger partial charge < -0.3 is 0 Å². The van der Waals surface area contributed by atoms with Gasteiger partial charge in [-0.2, -0.15) is 0 Å². The first kappa shape index (κ1) is 11.9. The molecule has 3 heteroatoms. The highest BCUT2D eigenvalue weighted by molar-refractivity contribution is 6.67. The van der Waals surface area contributed by atoms with Crippen molar-refractivity contribution in [2.24, 2.45) is 5.41 Å². The van der Waals surface area contributed by atoms with E-state index in [9.17, 15) is 0 Å². The van der Waals surface area contributed by atoms with E-state index < -0.39 is 3.79 Å². The van der Waals surface area contributed by atoms with Gasteiger partial charge >= 0.3 is 0 Å². The van der Waals surface area contributed by atoms with Crippen molar-refractivity contribution in [1.29, 1.82) is 0 Å². The van der Waals surface area contributed by atoms with Crippen LogP contribution in [0.15, 0.2) is 0 Å². The smallest absolute Gasteiger partial charge is 0.0837 e. The zero-order valence-electron chi connectivity index (χ0n) is 7.26. The lowest BCUT2D eigenvalue weighted by atomic mass is 9.82. The van der Waals surface area contributed by atoms with E-state index in [4.69, 9.17) is 34.8 Å². The Morgan fingerprint density at radius 3 is 1.45 bits per heavy atom. The fourth-order valence-corrected chi connectivity index (χ4v) is 1.95. The molecule has 0 unspecified atom stereocenters. The molecule has 0 aliphatic heterocycles. The number of rotatable bonds is 3. The summed E-state index contributed by atoms with van der Waals surface area (Å²) in [5.41, 5.74) is 0.172. The molecule has 0 bridgehead atoms. The molecule has 0 fully saturated rings. The molecule has 0 rings (SSSR count). The Hall–Kier alpha value is 0.870. The average molecular weight is 218 g/mol. The highest BCUT2D eigenvalue weighted by Crippen LogP contribution is 2.42. The van der Waals surface area contributed by atoms with Gasteiger partial charge in [0.25, 0.3) is 0 Å². The fourth-order valence-electron chi connectivity index (χ4n) is 0.984. The molecular weight excluding hydrogens is 202 g/mol. The van der Waals surface area contributed by atoms with Crippen LogP contribution >= 0.6 is 34.8 Å². The predicted octanol–water partition coefficient (Wildman–Crippen LogP) is 4.57. The largest absolute Gasteiger partial charge is 0.191 e. The van der Waals surface area contributed by atoms with Crippen LogP contribution in [0.1, 0.15) is 40.0 Å². The van der Waals surface area contributed by atoms with Crippen molar-refractivity contribution < 1.29 is 0 Å². The summed E-state index contributed by atoms with van der Waals surface area (Å²) in [6.45, 7) is 6.40. The molecule has 0 nitrogen and oxygen atoms in total. The molecule has 0 aromatic carbocycles. The Balaban J connectivity index is 4.08. The van der Waals surface area contributed by atoms with Gasteiger partial charge in [0.2, 0.25) is 0 Å². The standard InChI is InChI=1S/C8H15Cl3/c1-4-7(3,5-2)6-8(9,10)11/h4-6H2,1-3H3. The molecule has 0 N–H and O–H groups in total.